The third-order valence-corrected chi connectivity index (χ3v) is 3.60. The van der Waals surface area contributed by atoms with Crippen molar-refractivity contribution in [1.82, 2.24) is 4.90 Å². The van der Waals surface area contributed by atoms with E-state index in [1.807, 2.05) is 0 Å². The first-order valence-corrected chi connectivity index (χ1v) is 6.95. The third-order valence-electron chi connectivity index (χ3n) is 3.60. The smallest absolute Gasteiger partial charge is 0.0713 e. The van der Waals surface area contributed by atoms with E-state index in [2.05, 4.69) is 29.2 Å². The van der Waals surface area contributed by atoms with Gasteiger partial charge in [0, 0.05) is 39.4 Å². The summed E-state index contributed by atoms with van der Waals surface area (Å²) >= 11 is 0. The van der Waals surface area contributed by atoms with Crippen LogP contribution < -0.4 is 5.73 Å². The van der Waals surface area contributed by atoms with E-state index in [1.54, 1.807) is 7.11 Å². The molecule has 4 heteroatoms. The molecule has 2 N–H and O–H groups in total. The summed E-state index contributed by atoms with van der Waals surface area (Å²) < 4.78 is 10.6. The molecule has 0 aromatic heterocycles. The van der Waals surface area contributed by atoms with E-state index in [4.69, 9.17) is 15.2 Å². The fourth-order valence-electron chi connectivity index (χ4n) is 2.58. The second-order valence-corrected chi connectivity index (χ2v) is 4.93. The Labute approximate surface area is 115 Å². The number of nitrogens with zero attached hydrogens (tertiary/aromatic N) is 1. The summed E-state index contributed by atoms with van der Waals surface area (Å²) in [4.78, 5) is 2.43. The molecule has 0 saturated carbocycles. The standard InChI is InChI=1S/C15H24N2O2/c1-18-12-13-3-5-14(6-4-13)15(11-16)17-7-2-9-19-10-8-17/h3-6,15H,2,7-12,16H2,1H3. The van der Waals surface area contributed by atoms with E-state index < -0.39 is 0 Å². The molecule has 0 radical (unpaired) electrons. The SMILES string of the molecule is COCc1ccc(C(CN)N2CCCOCC2)cc1. The largest absolute Gasteiger partial charge is 0.380 e. The van der Waals surface area contributed by atoms with E-state index >= 15 is 0 Å². The molecule has 1 aliphatic rings. The van der Waals surface area contributed by atoms with Gasteiger partial charge in [0.15, 0.2) is 0 Å². The number of methoxy groups -OCH3 is 1. The molecule has 1 unspecified atom stereocenters. The molecule has 1 atom stereocenters. The lowest BCUT2D eigenvalue weighted by Crippen LogP contribution is -2.35. The summed E-state index contributed by atoms with van der Waals surface area (Å²) in [5.74, 6) is 0. The van der Waals surface area contributed by atoms with Crippen LogP contribution >= 0.6 is 0 Å². The Hall–Kier alpha value is -0.940. The summed E-state index contributed by atoms with van der Waals surface area (Å²) in [5, 5.41) is 0. The Balaban J connectivity index is 2.06. The van der Waals surface area contributed by atoms with Gasteiger partial charge in [0.05, 0.1) is 13.2 Å². The zero-order valence-electron chi connectivity index (χ0n) is 11.7. The molecule has 0 spiro atoms. The van der Waals surface area contributed by atoms with Gasteiger partial charge in [0.25, 0.3) is 0 Å². The Morgan fingerprint density at radius 2 is 2.05 bits per heavy atom. The molecule has 0 amide bonds. The van der Waals surface area contributed by atoms with Crippen molar-refractivity contribution in [3.8, 4) is 0 Å². The summed E-state index contributed by atoms with van der Waals surface area (Å²) in [6.07, 6.45) is 1.08. The van der Waals surface area contributed by atoms with Crippen LogP contribution in [0.3, 0.4) is 0 Å². The van der Waals surface area contributed by atoms with Gasteiger partial charge in [-0.1, -0.05) is 24.3 Å². The van der Waals surface area contributed by atoms with Crippen molar-refractivity contribution in [2.75, 3.05) is 40.0 Å². The number of hydrogen-bond acceptors (Lipinski definition) is 4. The summed E-state index contributed by atoms with van der Waals surface area (Å²) in [7, 11) is 1.72. The number of hydrogen-bond donors (Lipinski definition) is 1. The minimum atomic E-state index is 0.290. The Morgan fingerprint density at radius 3 is 2.74 bits per heavy atom. The number of rotatable bonds is 5. The predicted molar refractivity (Wildman–Crippen MR) is 76.0 cm³/mol. The van der Waals surface area contributed by atoms with Crippen LogP contribution in [0.2, 0.25) is 0 Å². The quantitative estimate of drug-likeness (QED) is 0.876. The molecule has 1 saturated heterocycles. The Kier molecular flexibility index (Phi) is 5.79. The van der Waals surface area contributed by atoms with Crippen LogP contribution in [0, 0.1) is 0 Å². The molecule has 0 bridgehead atoms. The highest BCUT2D eigenvalue weighted by Crippen LogP contribution is 2.21. The first-order chi connectivity index (χ1) is 9.35. The zero-order chi connectivity index (χ0) is 13.5. The van der Waals surface area contributed by atoms with Crippen LogP contribution in [0.1, 0.15) is 23.6 Å². The molecule has 1 heterocycles. The van der Waals surface area contributed by atoms with Crippen LogP contribution in [0.15, 0.2) is 24.3 Å². The molecule has 1 aromatic rings. The molecule has 1 aliphatic heterocycles. The average molecular weight is 264 g/mol. The fourth-order valence-corrected chi connectivity index (χ4v) is 2.58. The molecule has 2 rings (SSSR count). The highest BCUT2D eigenvalue weighted by atomic mass is 16.5. The van der Waals surface area contributed by atoms with Crippen LogP contribution in [0.4, 0.5) is 0 Å². The first kappa shape index (κ1) is 14.5. The highest BCUT2D eigenvalue weighted by molar-refractivity contribution is 5.25. The second kappa shape index (κ2) is 7.60. The lowest BCUT2D eigenvalue weighted by atomic mass is 10.0. The average Bonchev–Trinajstić information content (AvgIpc) is 2.71. The molecular formula is C15H24N2O2. The van der Waals surface area contributed by atoms with Gasteiger partial charge >= 0.3 is 0 Å². The van der Waals surface area contributed by atoms with Crippen LogP contribution in [-0.4, -0.2) is 44.9 Å². The minimum absolute atomic E-state index is 0.290. The molecular weight excluding hydrogens is 240 g/mol. The molecule has 106 valence electrons. The summed E-state index contributed by atoms with van der Waals surface area (Å²) in [6, 6.07) is 8.86. The van der Waals surface area contributed by atoms with Crippen molar-refractivity contribution in [2.24, 2.45) is 5.73 Å². The maximum Gasteiger partial charge on any atom is 0.0713 e. The van der Waals surface area contributed by atoms with Crippen molar-refractivity contribution in [2.45, 2.75) is 19.1 Å². The molecule has 4 nitrogen and oxygen atoms in total. The number of ether oxygens (including phenoxy) is 2. The monoisotopic (exact) mass is 264 g/mol. The van der Waals surface area contributed by atoms with E-state index in [0.717, 1.165) is 32.7 Å². The van der Waals surface area contributed by atoms with Gasteiger partial charge in [-0.3, -0.25) is 4.90 Å². The maximum absolute atomic E-state index is 5.98. The fraction of sp³-hybridized carbons (Fsp3) is 0.600. The molecule has 1 aromatic carbocycles. The molecule has 1 fully saturated rings. The Bertz CT molecular complexity index is 359. The summed E-state index contributed by atoms with van der Waals surface area (Å²) in [6.45, 7) is 4.98. The van der Waals surface area contributed by atoms with Gasteiger partial charge in [0.1, 0.15) is 0 Å². The molecule has 0 aliphatic carbocycles. The number of nitrogens with two attached hydrogens (primary N) is 1. The molecule has 19 heavy (non-hydrogen) atoms. The van der Waals surface area contributed by atoms with Crippen LogP contribution in [0.25, 0.3) is 0 Å². The minimum Gasteiger partial charge on any atom is -0.380 e. The third kappa shape index (κ3) is 4.01. The topological polar surface area (TPSA) is 47.7 Å². The van der Waals surface area contributed by atoms with Gasteiger partial charge in [-0.05, 0) is 17.5 Å². The van der Waals surface area contributed by atoms with E-state index in [1.165, 1.54) is 11.1 Å². The maximum atomic E-state index is 5.98. The number of benzene rings is 1. The van der Waals surface area contributed by atoms with Gasteiger partial charge < -0.3 is 15.2 Å². The van der Waals surface area contributed by atoms with Crippen molar-refractivity contribution in [1.29, 1.82) is 0 Å². The van der Waals surface area contributed by atoms with Gasteiger partial charge in [-0.15, -0.1) is 0 Å². The van der Waals surface area contributed by atoms with Gasteiger partial charge in [0.2, 0.25) is 0 Å². The van der Waals surface area contributed by atoms with E-state index in [-0.39, 0.29) is 0 Å². The van der Waals surface area contributed by atoms with E-state index in [0.29, 0.717) is 19.2 Å². The van der Waals surface area contributed by atoms with Crippen molar-refractivity contribution in [3.05, 3.63) is 35.4 Å². The van der Waals surface area contributed by atoms with Gasteiger partial charge in [-0.25, -0.2) is 0 Å². The van der Waals surface area contributed by atoms with E-state index in [9.17, 15) is 0 Å². The summed E-state index contributed by atoms with van der Waals surface area (Å²) in [5.41, 5.74) is 8.45. The predicted octanol–water partition coefficient (Wildman–Crippen LogP) is 1.56. The van der Waals surface area contributed by atoms with Gasteiger partial charge in [-0.2, -0.15) is 0 Å². The Morgan fingerprint density at radius 1 is 1.26 bits per heavy atom. The van der Waals surface area contributed by atoms with Crippen LogP contribution in [0.5, 0.6) is 0 Å². The van der Waals surface area contributed by atoms with Crippen molar-refractivity contribution >= 4 is 0 Å². The second-order valence-electron chi connectivity index (χ2n) is 4.93. The first-order valence-electron chi connectivity index (χ1n) is 6.95. The normalized spacial score (nSPS) is 19.1. The highest BCUT2D eigenvalue weighted by Gasteiger charge is 2.20. The zero-order valence-corrected chi connectivity index (χ0v) is 11.7. The van der Waals surface area contributed by atoms with Crippen LogP contribution in [-0.2, 0) is 16.1 Å². The van der Waals surface area contributed by atoms with Crippen molar-refractivity contribution < 1.29 is 9.47 Å². The lowest BCUT2D eigenvalue weighted by molar-refractivity contribution is 0.132. The van der Waals surface area contributed by atoms with Crippen molar-refractivity contribution in [3.63, 3.8) is 0 Å². The lowest BCUT2D eigenvalue weighted by Gasteiger charge is -2.29.